The van der Waals surface area contributed by atoms with Gasteiger partial charge in [-0.2, -0.15) is 35.9 Å². The molecule has 1 aliphatic carbocycles. The molecule has 0 spiro atoms. The van der Waals surface area contributed by atoms with E-state index < -0.39 is 0 Å². The molecule has 0 aliphatic heterocycles. The second-order valence-electron chi connectivity index (χ2n) is 10.2. The fourth-order valence-electron chi connectivity index (χ4n) is 4.34. The molecule has 0 aromatic heterocycles. The predicted octanol–water partition coefficient (Wildman–Crippen LogP) is 1.68. The summed E-state index contributed by atoms with van der Waals surface area (Å²) in [6, 6.07) is 20.9. The fourth-order valence-corrected chi connectivity index (χ4v) is 4.34. The van der Waals surface area contributed by atoms with Crippen LogP contribution >= 0.6 is 0 Å². The smallest absolute Gasteiger partial charge is 1.00 e. The summed E-state index contributed by atoms with van der Waals surface area (Å²) in [5.41, 5.74) is 11.6. The molecule has 3 aromatic rings. The minimum absolute atomic E-state index is 0. The van der Waals surface area contributed by atoms with Crippen molar-refractivity contribution in [3.05, 3.63) is 88.0 Å². The maximum Gasteiger partial charge on any atom is 4.00 e. The van der Waals surface area contributed by atoms with Crippen LogP contribution in [0.1, 0.15) is 74.9 Å². The number of hydrogen-bond acceptors (Lipinski definition) is 0. The minimum atomic E-state index is 0. The van der Waals surface area contributed by atoms with Gasteiger partial charge in [0.1, 0.15) is 0 Å². The van der Waals surface area contributed by atoms with Gasteiger partial charge in [0, 0.05) is 0 Å². The summed E-state index contributed by atoms with van der Waals surface area (Å²) in [5.74, 6) is 0. The second kappa shape index (κ2) is 11.4. The van der Waals surface area contributed by atoms with Gasteiger partial charge in [-0.1, -0.05) is 71.6 Å². The first-order valence-electron chi connectivity index (χ1n) is 10.4. The molecule has 0 radical (unpaired) electrons. The first-order chi connectivity index (χ1) is 13.0. The number of aryl methyl sites for hydroxylation is 2. The molecule has 0 bridgehead atoms. The van der Waals surface area contributed by atoms with Crippen LogP contribution < -0.4 is 24.8 Å². The molecule has 0 atom stereocenters. The zero-order valence-electron chi connectivity index (χ0n) is 20.1. The molecule has 0 N–H and O–H groups in total. The Hall–Kier alpha value is -0.747. The van der Waals surface area contributed by atoms with E-state index in [0.29, 0.717) is 0 Å². The summed E-state index contributed by atoms with van der Waals surface area (Å²) < 4.78 is 0. The Kier molecular flexibility index (Phi) is 11.1. The second-order valence-corrected chi connectivity index (χ2v) is 10.2. The van der Waals surface area contributed by atoms with Gasteiger partial charge >= 0.3 is 26.2 Å². The van der Waals surface area contributed by atoms with E-state index in [1.54, 1.807) is 0 Å². The van der Waals surface area contributed by atoms with E-state index in [1.807, 2.05) is 30.3 Å². The van der Waals surface area contributed by atoms with Crippen LogP contribution in [-0.4, -0.2) is 0 Å². The monoisotopic (exact) mass is 530 g/mol. The van der Waals surface area contributed by atoms with E-state index in [-0.39, 0.29) is 61.8 Å². The molecule has 3 heteroatoms. The molecule has 4 rings (SSSR count). The molecular formula is C28H34Cl2Zr. The Balaban J connectivity index is 0.000000995. The van der Waals surface area contributed by atoms with E-state index in [2.05, 4.69) is 79.7 Å². The summed E-state index contributed by atoms with van der Waals surface area (Å²) >= 11 is 0. The van der Waals surface area contributed by atoms with Crippen molar-refractivity contribution in [2.24, 2.45) is 0 Å². The third-order valence-corrected chi connectivity index (χ3v) is 5.64. The van der Waals surface area contributed by atoms with Crippen LogP contribution in [-0.2, 0) is 43.5 Å². The van der Waals surface area contributed by atoms with Crippen molar-refractivity contribution in [2.75, 3.05) is 0 Å². The average Bonchev–Trinajstić information content (AvgIpc) is 3.21. The fraction of sp³-hybridized carbons (Fsp3) is 0.393. The molecule has 0 amide bonds. The first kappa shape index (κ1) is 30.3. The normalized spacial score (nSPS) is 11.6. The minimum Gasteiger partial charge on any atom is -1.00 e. The molecule has 0 unspecified atom stereocenters. The Morgan fingerprint density at radius 2 is 1.29 bits per heavy atom. The maximum absolute atomic E-state index is 3.69. The summed E-state index contributed by atoms with van der Waals surface area (Å²) in [6.45, 7) is 18.2. The Bertz CT molecular complexity index is 887. The number of hydrogen-bond donors (Lipinski definition) is 0. The van der Waals surface area contributed by atoms with Crippen LogP contribution in [0, 0.1) is 19.9 Å². The number of benzene rings is 2. The van der Waals surface area contributed by atoms with Gasteiger partial charge in [-0.15, -0.1) is 16.7 Å². The molecule has 0 saturated heterocycles. The van der Waals surface area contributed by atoms with E-state index in [0.717, 1.165) is 6.42 Å². The van der Waals surface area contributed by atoms with Gasteiger partial charge in [-0.25, -0.2) is 12.1 Å². The molecule has 0 fully saturated rings. The molecule has 0 saturated carbocycles. The zero-order chi connectivity index (χ0) is 20.7. The molecule has 0 nitrogen and oxygen atoms in total. The Morgan fingerprint density at radius 3 is 1.74 bits per heavy atom. The largest absolute Gasteiger partial charge is 4.00 e. The average molecular weight is 533 g/mol. The van der Waals surface area contributed by atoms with Crippen LogP contribution in [0.25, 0.3) is 11.1 Å². The summed E-state index contributed by atoms with van der Waals surface area (Å²) in [6.07, 6.45) is 1.03. The van der Waals surface area contributed by atoms with Crippen molar-refractivity contribution < 1.29 is 51.0 Å². The van der Waals surface area contributed by atoms with Gasteiger partial charge in [-0.05, 0) is 35.4 Å². The molecular weight excluding hydrogens is 498 g/mol. The van der Waals surface area contributed by atoms with Crippen molar-refractivity contribution in [1.82, 2.24) is 0 Å². The Labute approximate surface area is 221 Å². The summed E-state index contributed by atoms with van der Waals surface area (Å²) in [5, 5.41) is 0. The van der Waals surface area contributed by atoms with E-state index in [9.17, 15) is 0 Å². The van der Waals surface area contributed by atoms with Gasteiger partial charge in [0.05, 0.1) is 0 Å². The van der Waals surface area contributed by atoms with Crippen molar-refractivity contribution in [3.8, 4) is 11.1 Å². The molecule has 1 aliphatic rings. The van der Waals surface area contributed by atoms with Crippen molar-refractivity contribution in [3.63, 3.8) is 0 Å². The Morgan fingerprint density at radius 1 is 0.774 bits per heavy atom. The van der Waals surface area contributed by atoms with E-state index >= 15 is 0 Å². The van der Waals surface area contributed by atoms with Gasteiger partial charge in [0.15, 0.2) is 0 Å². The molecule has 31 heavy (non-hydrogen) atoms. The van der Waals surface area contributed by atoms with Gasteiger partial charge in [-0.3, -0.25) is 0 Å². The molecule has 3 aromatic carbocycles. The van der Waals surface area contributed by atoms with Crippen LogP contribution in [0.2, 0.25) is 0 Å². The third-order valence-electron chi connectivity index (χ3n) is 5.64. The first-order valence-corrected chi connectivity index (χ1v) is 10.4. The van der Waals surface area contributed by atoms with Crippen LogP contribution in [0.4, 0.5) is 0 Å². The maximum atomic E-state index is 3.69. The SMILES string of the molecule is Cc1[c-]c2c(cc1C(C)(C)C)-c1cc(C(C)(C)C)c(C)cc1C2.[Cl-].[Cl-].[Zr+4].c1cc[cH-]c1. The number of rotatable bonds is 0. The molecule has 164 valence electrons. The van der Waals surface area contributed by atoms with E-state index in [4.69, 9.17) is 0 Å². The number of halogens is 2. The van der Waals surface area contributed by atoms with Gasteiger partial charge < -0.3 is 24.8 Å². The standard InChI is InChI=1S/C23H29.C5H5.2ClH.Zr/c1-14-9-16-11-17-10-15(2)21(23(6,7)8)13-19(17)18(16)12-20(14)22(3,4)5;1-2-4-5-3-1;;;/h9,12-13H,11H2,1-8H3;1-5H;2*1H;/q2*-1;;;+4/p-2. The van der Waals surface area contributed by atoms with Gasteiger partial charge in [0.2, 0.25) is 0 Å². The molecule has 0 heterocycles. The van der Waals surface area contributed by atoms with Crippen LogP contribution in [0.5, 0.6) is 0 Å². The zero-order valence-corrected chi connectivity index (χ0v) is 24.1. The van der Waals surface area contributed by atoms with Crippen molar-refractivity contribution in [2.45, 2.75) is 72.6 Å². The van der Waals surface area contributed by atoms with Crippen LogP contribution in [0.15, 0.2) is 48.5 Å². The quantitative estimate of drug-likeness (QED) is 0.303. The third kappa shape index (κ3) is 6.87. The summed E-state index contributed by atoms with van der Waals surface area (Å²) in [7, 11) is 0. The van der Waals surface area contributed by atoms with E-state index in [1.165, 1.54) is 44.5 Å². The summed E-state index contributed by atoms with van der Waals surface area (Å²) in [4.78, 5) is 0. The number of fused-ring (bicyclic) bond motifs is 3. The van der Waals surface area contributed by atoms with Gasteiger partial charge in [0.25, 0.3) is 0 Å². The van der Waals surface area contributed by atoms with Crippen LogP contribution in [0.3, 0.4) is 0 Å². The van der Waals surface area contributed by atoms with Crippen molar-refractivity contribution >= 4 is 0 Å². The predicted molar refractivity (Wildman–Crippen MR) is 122 cm³/mol. The topological polar surface area (TPSA) is 0 Å². The van der Waals surface area contributed by atoms with Crippen molar-refractivity contribution in [1.29, 1.82) is 0 Å².